The van der Waals surface area contributed by atoms with Gasteiger partial charge in [-0.05, 0) is 57.2 Å². The molecule has 1 aromatic carbocycles. The molecule has 152 valence electrons. The van der Waals surface area contributed by atoms with Gasteiger partial charge < -0.3 is 14.4 Å². The van der Waals surface area contributed by atoms with E-state index in [9.17, 15) is 4.79 Å². The summed E-state index contributed by atoms with van der Waals surface area (Å²) in [5.74, 6) is 0.827. The molecule has 0 spiro atoms. The molecular weight excluding hydrogens is 368 g/mol. The lowest BCUT2D eigenvalue weighted by Gasteiger charge is -2.33. The normalized spacial score (nSPS) is 15.5. The lowest BCUT2D eigenvalue weighted by molar-refractivity contribution is 0.0126. The van der Waals surface area contributed by atoms with E-state index in [0.29, 0.717) is 13.1 Å². The summed E-state index contributed by atoms with van der Waals surface area (Å²) < 4.78 is 13.3. The van der Waals surface area contributed by atoms with E-state index in [4.69, 9.17) is 9.47 Å². The number of likely N-dealkylation sites (tertiary alicyclic amines) is 1. The van der Waals surface area contributed by atoms with Crippen molar-refractivity contribution in [3.05, 3.63) is 48.8 Å². The van der Waals surface area contributed by atoms with Gasteiger partial charge >= 0.3 is 6.09 Å². The summed E-state index contributed by atoms with van der Waals surface area (Å²) >= 11 is 0. The van der Waals surface area contributed by atoms with Gasteiger partial charge in [0.15, 0.2) is 5.65 Å². The number of amides is 1. The zero-order valence-corrected chi connectivity index (χ0v) is 17.0. The van der Waals surface area contributed by atoms with Crippen LogP contribution in [0.5, 0.6) is 5.75 Å². The van der Waals surface area contributed by atoms with Crippen LogP contribution in [-0.4, -0.2) is 50.4 Å². The second-order valence-electron chi connectivity index (χ2n) is 8.26. The second kappa shape index (κ2) is 7.73. The van der Waals surface area contributed by atoms with Crippen LogP contribution in [0.4, 0.5) is 4.79 Å². The maximum absolute atomic E-state index is 12.2. The fourth-order valence-electron chi connectivity index (χ4n) is 3.35. The van der Waals surface area contributed by atoms with Gasteiger partial charge in [0, 0.05) is 43.9 Å². The molecule has 1 amide bonds. The van der Waals surface area contributed by atoms with Crippen LogP contribution in [0, 0.1) is 0 Å². The van der Waals surface area contributed by atoms with Crippen LogP contribution in [0.2, 0.25) is 0 Å². The fraction of sp³-hybridized carbons (Fsp3) is 0.409. The quantitative estimate of drug-likeness (QED) is 0.667. The largest absolute Gasteiger partial charge is 0.490 e. The van der Waals surface area contributed by atoms with E-state index in [-0.39, 0.29) is 12.2 Å². The van der Waals surface area contributed by atoms with Gasteiger partial charge in [0.1, 0.15) is 17.5 Å². The van der Waals surface area contributed by atoms with E-state index >= 15 is 0 Å². The molecule has 0 N–H and O–H groups in total. The highest BCUT2D eigenvalue weighted by Gasteiger charge is 2.27. The Morgan fingerprint density at radius 1 is 1.07 bits per heavy atom. The number of rotatable bonds is 3. The number of hydrogen-bond acceptors (Lipinski definition) is 5. The van der Waals surface area contributed by atoms with E-state index in [2.05, 4.69) is 10.1 Å². The number of hydrogen-bond donors (Lipinski definition) is 0. The van der Waals surface area contributed by atoms with E-state index < -0.39 is 5.60 Å². The van der Waals surface area contributed by atoms with Crippen molar-refractivity contribution in [1.82, 2.24) is 19.5 Å². The predicted molar refractivity (Wildman–Crippen MR) is 110 cm³/mol. The molecule has 0 bridgehead atoms. The third-order valence-electron chi connectivity index (χ3n) is 4.80. The van der Waals surface area contributed by atoms with Crippen LogP contribution < -0.4 is 4.74 Å². The van der Waals surface area contributed by atoms with Gasteiger partial charge in [0.2, 0.25) is 0 Å². The first-order valence-corrected chi connectivity index (χ1v) is 9.93. The number of carbonyl (C=O) groups is 1. The highest BCUT2D eigenvalue weighted by atomic mass is 16.6. The number of ether oxygens (including phenoxy) is 2. The van der Waals surface area contributed by atoms with Crippen LogP contribution in [0.1, 0.15) is 33.6 Å². The molecule has 1 saturated heterocycles. The van der Waals surface area contributed by atoms with Gasteiger partial charge in [-0.1, -0.05) is 0 Å². The van der Waals surface area contributed by atoms with Crippen molar-refractivity contribution in [2.24, 2.45) is 0 Å². The summed E-state index contributed by atoms with van der Waals surface area (Å²) in [6.45, 7) is 6.94. The number of aromatic nitrogens is 3. The minimum absolute atomic E-state index is 0.0972. The fourth-order valence-corrected chi connectivity index (χ4v) is 3.35. The first kappa shape index (κ1) is 19.2. The molecule has 1 fully saturated rings. The highest BCUT2D eigenvalue weighted by molar-refractivity contribution is 5.68. The van der Waals surface area contributed by atoms with E-state index in [0.717, 1.165) is 35.5 Å². The Bertz CT molecular complexity index is 983. The standard InChI is InChI=1S/C22H26N4O3/c1-22(2,3)29-21(27)25-13-10-18(11-14-25)28-17-6-4-16(5-7-17)19-8-9-20-23-12-15-26(20)24-19/h4-9,12,15,18H,10-11,13-14H2,1-3H3. The maximum Gasteiger partial charge on any atom is 0.410 e. The molecule has 0 saturated carbocycles. The van der Waals surface area contributed by atoms with E-state index in [1.54, 1.807) is 15.6 Å². The zero-order chi connectivity index (χ0) is 20.4. The number of fused-ring (bicyclic) bond motifs is 1. The predicted octanol–water partition coefficient (Wildman–Crippen LogP) is 4.17. The van der Waals surface area contributed by atoms with Crippen LogP contribution >= 0.6 is 0 Å². The molecule has 7 nitrogen and oxygen atoms in total. The molecule has 0 atom stereocenters. The average molecular weight is 394 g/mol. The third-order valence-corrected chi connectivity index (χ3v) is 4.80. The Balaban J connectivity index is 1.33. The molecule has 0 unspecified atom stereocenters. The molecule has 2 aromatic heterocycles. The number of nitrogens with zero attached hydrogens (tertiary/aromatic N) is 4. The Kier molecular flexibility index (Phi) is 5.13. The summed E-state index contributed by atoms with van der Waals surface area (Å²) in [7, 11) is 0. The van der Waals surface area contributed by atoms with Crippen LogP contribution in [-0.2, 0) is 4.74 Å². The first-order chi connectivity index (χ1) is 13.9. The molecule has 4 rings (SSSR count). The number of carbonyl (C=O) groups excluding carboxylic acids is 1. The Hall–Kier alpha value is -3.09. The molecule has 3 heterocycles. The molecule has 3 aromatic rings. The van der Waals surface area contributed by atoms with Gasteiger partial charge in [-0.2, -0.15) is 5.10 Å². The molecule has 29 heavy (non-hydrogen) atoms. The first-order valence-electron chi connectivity index (χ1n) is 9.93. The number of piperidine rings is 1. The second-order valence-corrected chi connectivity index (χ2v) is 8.26. The monoisotopic (exact) mass is 394 g/mol. The Morgan fingerprint density at radius 2 is 1.79 bits per heavy atom. The average Bonchev–Trinajstić information content (AvgIpc) is 3.15. The van der Waals surface area contributed by atoms with Gasteiger partial charge in [-0.25, -0.2) is 14.3 Å². The van der Waals surface area contributed by atoms with Crippen molar-refractivity contribution in [2.45, 2.75) is 45.3 Å². The molecular formula is C22H26N4O3. The molecule has 1 aliphatic heterocycles. The van der Waals surface area contributed by atoms with Crippen LogP contribution in [0.25, 0.3) is 16.9 Å². The zero-order valence-electron chi connectivity index (χ0n) is 17.0. The SMILES string of the molecule is CC(C)(C)OC(=O)N1CCC(Oc2ccc(-c3ccc4nccn4n3)cc2)CC1. The smallest absolute Gasteiger partial charge is 0.410 e. The minimum atomic E-state index is -0.469. The van der Waals surface area contributed by atoms with E-state index in [1.165, 1.54) is 0 Å². The van der Waals surface area contributed by atoms with Crippen molar-refractivity contribution in [3.63, 3.8) is 0 Å². The highest BCUT2D eigenvalue weighted by Crippen LogP contribution is 2.24. The van der Waals surface area contributed by atoms with Gasteiger partial charge in [0.05, 0.1) is 5.69 Å². The summed E-state index contributed by atoms with van der Waals surface area (Å²) in [5, 5.41) is 4.56. The van der Waals surface area contributed by atoms with Crippen molar-refractivity contribution < 1.29 is 14.3 Å². The van der Waals surface area contributed by atoms with Crippen LogP contribution in [0.15, 0.2) is 48.8 Å². The molecule has 7 heteroatoms. The summed E-state index contributed by atoms with van der Waals surface area (Å²) in [5.41, 5.74) is 2.26. The maximum atomic E-state index is 12.2. The lowest BCUT2D eigenvalue weighted by atomic mass is 10.1. The topological polar surface area (TPSA) is 69.0 Å². The minimum Gasteiger partial charge on any atom is -0.490 e. The van der Waals surface area contributed by atoms with Gasteiger partial charge in [-0.15, -0.1) is 0 Å². The van der Waals surface area contributed by atoms with E-state index in [1.807, 2.05) is 63.4 Å². The summed E-state index contributed by atoms with van der Waals surface area (Å²) in [6.07, 6.45) is 5.00. The van der Waals surface area contributed by atoms with Gasteiger partial charge in [0.25, 0.3) is 0 Å². The van der Waals surface area contributed by atoms with Crippen molar-refractivity contribution in [2.75, 3.05) is 13.1 Å². The lowest BCUT2D eigenvalue weighted by Crippen LogP contribution is -2.44. The van der Waals surface area contributed by atoms with Crippen molar-refractivity contribution in [1.29, 1.82) is 0 Å². The third kappa shape index (κ3) is 4.67. The van der Waals surface area contributed by atoms with Gasteiger partial charge in [-0.3, -0.25) is 0 Å². The molecule has 0 aliphatic carbocycles. The number of imidazole rings is 1. The molecule has 1 aliphatic rings. The Morgan fingerprint density at radius 3 is 2.48 bits per heavy atom. The summed E-state index contributed by atoms with van der Waals surface area (Å²) in [4.78, 5) is 18.1. The van der Waals surface area contributed by atoms with Crippen molar-refractivity contribution in [3.8, 4) is 17.0 Å². The van der Waals surface area contributed by atoms with Crippen LogP contribution in [0.3, 0.4) is 0 Å². The van der Waals surface area contributed by atoms with Crippen molar-refractivity contribution >= 4 is 11.7 Å². The molecule has 0 radical (unpaired) electrons. The summed E-state index contributed by atoms with van der Waals surface area (Å²) in [6, 6.07) is 11.9. The number of benzene rings is 1. The Labute approximate surface area is 170 Å².